The molecule has 0 atom stereocenters. The van der Waals surface area contributed by atoms with Crippen molar-refractivity contribution in [3.63, 3.8) is 0 Å². The summed E-state index contributed by atoms with van der Waals surface area (Å²) < 4.78 is 0.247. The number of hydrogen-bond acceptors (Lipinski definition) is 4. The van der Waals surface area contributed by atoms with E-state index in [1.165, 1.54) is 0 Å². The molecule has 3 N–H and O–H groups in total. The number of aromatic hydroxyl groups is 2. The van der Waals surface area contributed by atoms with Crippen LogP contribution in [0.5, 0.6) is 11.6 Å². The van der Waals surface area contributed by atoms with Gasteiger partial charge in [-0.2, -0.15) is 4.73 Å². The molecule has 0 aliphatic heterocycles. The van der Waals surface area contributed by atoms with Crippen molar-refractivity contribution in [3.8, 4) is 11.6 Å². The minimum Gasteiger partial charge on any atom is -0.500 e. The van der Waals surface area contributed by atoms with Gasteiger partial charge in [-0.25, -0.2) is 0 Å². The second-order valence-corrected chi connectivity index (χ2v) is 1.70. The van der Waals surface area contributed by atoms with Gasteiger partial charge in [0.1, 0.15) is 0 Å². The molecule has 5 heteroatoms. The minimum atomic E-state index is -0.856. The first-order chi connectivity index (χ1) is 4.63. The number of rotatable bonds is 0. The molecule has 0 amide bonds. The third kappa shape index (κ3) is 0.771. The molecule has 0 radical (unpaired) electrons. The van der Waals surface area contributed by atoms with Crippen LogP contribution in [0.25, 0.3) is 0 Å². The number of aromatic nitrogens is 1. The number of hydrogen-bond donors (Lipinski definition) is 3. The first-order valence-electron chi connectivity index (χ1n) is 2.46. The molecule has 0 bridgehead atoms. The summed E-state index contributed by atoms with van der Waals surface area (Å²) in [5.74, 6) is -1.71. The van der Waals surface area contributed by atoms with Crippen LogP contribution in [0.1, 0.15) is 0 Å². The molecule has 0 aromatic carbocycles. The lowest BCUT2D eigenvalue weighted by Crippen LogP contribution is -2.03. The molecule has 0 fully saturated rings. The highest BCUT2D eigenvalue weighted by Gasteiger charge is 2.05. The summed E-state index contributed by atoms with van der Waals surface area (Å²) in [6.45, 7) is 0. The predicted octanol–water partition coefficient (Wildman–Crippen LogP) is -0.503. The van der Waals surface area contributed by atoms with Crippen LogP contribution in [-0.4, -0.2) is 20.2 Å². The lowest BCUT2D eigenvalue weighted by atomic mass is 10.4. The maximum atomic E-state index is 10.5. The zero-order valence-electron chi connectivity index (χ0n) is 4.85. The van der Waals surface area contributed by atoms with Crippen LogP contribution in [0.15, 0.2) is 17.1 Å². The van der Waals surface area contributed by atoms with E-state index < -0.39 is 17.1 Å². The molecular weight excluding hydrogens is 138 g/mol. The Hall–Kier alpha value is -1.65. The third-order valence-electron chi connectivity index (χ3n) is 1.03. The zero-order valence-corrected chi connectivity index (χ0v) is 4.85. The van der Waals surface area contributed by atoms with Crippen molar-refractivity contribution in [2.75, 3.05) is 0 Å². The third-order valence-corrected chi connectivity index (χ3v) is 1.03. The Kier molecular flexibility index (Phi) is 1.26. The molecule has 0 aliphatic rings. The van der Waals surface area contributed by atoms with Crippen LogP contribution < -0.4 is 5.43 Å². The highest BCUT2D eigenvalue weighted by molar-refractivity contribution is 5.29. The summed E-state index contributed by atoms with van der Waals surface area (Å²) in [6, 6.07) is 0.926. The average molecular weight is 143 g/mol. The fraction of sp³-hybridized carbons (Fsp3) is 0. The summed E-state index contributed by atoms with van der Waals surface area (Å²) in [4.78, 5) is 10.5. The maximum absolute atomic E-state index is 10.5. The molecule has 0 saturated carbocycles. The highest BCUT2D eigenvalue weighted by Crippen LogP contribution is 2.15. The van der Waals surface area contributed by atoms with E-state index in [2.05, 4.69) is 0 Å². The second kappa shape index (κ2) is 1.94. The van der Waals surface area contributed by atoms with Crippen molar-refractivity contribution in [1.82, 2.24) is 4.73 Å². The number of nitrogens with zero attached hydrogens (tertiary/aromatic N) is 1. The minimum absolute atomic E-state index is 0.247. The van der Waals surface area contributed by atoms with Crippen molar-refractivity contribution < 1.29 is 15.4 Å². The maximum Gasteiger partial charge on any atom is 0.272 e. The van der Waals surface area contributed by atoms with E-state index in [0.29, 0.717) is 0 Å². The van der Waals surface area contributed by atoms with Gasteiger partial charge in [0.05, 0.1) is 6.20 Å². The van der Waals surface area contributed by atoms with Gasteiger partial charge in [0, 0.05) is 6.07 Å². The zero-order chi connectivity index (χ0) is 7.72. The van der Waals surface area contributed by atoms with Crippen LogP contribution in [0.3, 0.4) is 0 Å². The molecule has 10 heavy (non-hydrogen) atoms. The van der Waals surface area contributed by atoms with Gasteiger partial charge in [0.2, 0.25) is 11.2 Å². The highest BCUT2D eigenvalue weighted by atomic mass is 16.5. The average Bonchev–Trinajstić information content (AvgIpc) is 1.93. The van der Waals surface area contributed by atoms with Gasteiger partial charge in [-0.15, -0.1) is 0 Å². The van der Waals surface area contributed by atoms with Crippen molar-refractivity contribution in [1.29, 1.82) is 0 Å². The fourth-order valence-electron chi connectivity index (χ4n) is 0.507. The van der Waals surface area contributed by atoms with Gasteiger partial charge >= 0.3 is 0 Å². The lowest BCUT2D eigenvalue weighted by Gasteiger charge is -1.99. The van der Waals surface area contributed by atoms with Crippen molar-refractivity contribution in [2.45, 2.75) is 0 Å². The van der Waals surface area contributed by atoms with E-state index in [1.807, 2.05) is 0 Å². The second-order valence-electron chi connectivity index (χ2n) is 1.70. The SMILES string of the molecule is O=c1ccn(O)c(O)c1O. The van der Waals surface area contributed by atoms with Crippen molar-refractivity contribution in [3.05, 3.63) is 22.5 Å². The van der Waals surface area contributed by atoms with Crippen LogP contribution in [0.2, 0.25) is 0 Å². The van der Waals surface area contributed by atoms with E-state index in [4.69, 9.17) is 15.4 Å². The Morgan fingerprint density at radius 3 is 2.50 bits per heavy atom. The predicted molar refractivity (Wildman–Crippen MR) is 31.2 cm³/mol. The quantitative estimate of drug-likeness (QED) is 0.427. The standard InChI is InChI=1S/C5H5NO4/c7-3-1-2-6(10)5(9)4(3)8/h1-2,8-10H. The van der Waals surface area contributed by atoms with Gasteiger partial charge < -0.3 is 15.4 Å². The molecule has 1 heterocycles. The van der Waals surface area contributed by atoms with Crippen molar-refractivity contribution >= 4 is 0 Å². The molecule has 1 rings (SSSR count). The smallest absolute Gasteiger partial charge is 0.272 e. The first-order valence-corrected chi connectivity index (χ1v) is 2.46. The molecule has 0 spiro atoms. The van der Waals surface area contributed by atoms with E-state index in [1.54, 1.807) is 0 Å². The monoisotopic (exact) mass is 143 g/mol. The van der Waals surface area contributed by atoms with Crippen LogP contribution >= 0.6 is 0 Å². The Labute approximate surface area is 55.4 Å². The summed E-state index contributed by atoms with van der Waals surface area (Å²) in [5, 5.41) is 25.9. The van der Waals surface area contributed by atoms with Crippen LogP contribution in [0, 0.1) is 0 Å². The normalized spacial score (nSPS) is 9.60. The van der Waals surface area contributed by atoms with E-state index in [0.717, 1.165) is 12.3 Å². The topological polar surface area (TPSA) is 82.7 Å². The lowest BCUT2D eigenvalue weighted by molar-refractivity contribution is 0.146. The molecule has 54 valence electrons. The molecule has 0 aliphatic carbocycles. The summed E-state index contributed by atoms with van der Waals surface area (Å²) in [5.41, 5.74) is -0.734. The molecule has 1 aromatic rings. The van der Waals surface area contributed by atoms with Gasteiger partial charge in [-0.3, -0.25) is 4.79 Å². The molecule has 0 saturated heterocycles. The Balaban J connectivity index is 3.49. The van der Waals surface area contributed by atoms with Gasteiger partial charge in [-0.1, -0.05) is 0 Å². The van der Waals surface area contributed by atoms with E-state index in [-0.39, 0.29) is 4.73 Å². The Bertz CT molecular complexity index is 303. The summed E-state index contributed by atoms with van der Waals surface area (Å²) in [6.07, 6.45) is 0.928. The summed E-state index contributed by atoms with van der Waals surface area (Å²) >= 11 is 0. The largest absolute Gasteiger partial charge is 0.500 e. The van der Waals surface area contributed by atoms with E-state index >= 15 is 0 Å². The van der Waals surface area contributed by atoms with Crippen LogP contribution in [-0.2, 0) is 0 Å². The fourth-order valence-corrected chi connectivity index (χ4v) is 0.507. The molecular formula is C5H5NO4. The molecule has 0 unspecified atom stereocenters. The summed E-state index contributed by atoms with van der Waals surface area (Å²) in [7, 11) is 0. The van der Waals surface area contributed by atoms with Gasteiger partial charge in [0.15, 0.2) is 0 Å². The molecule has 5 nitrogen and oxygen atoms in total. The van der Waals surface area contributed by atoms with Crippen LogP contribution in [0.4, 0.5) is 0 Å². The Morgan fingerprint density at radius 1 is 1.40 bits per heavy atom. The van der Waals surface area contributed by atoms with E-state index in [9.17, 15) is 4.79 Å². The van der Waals surface area contributed by atoms with Gasteiger partial charge in [0.25, 0.3) is 5.88 Å². The number of pyridine rings is 1. The van der Waals surface area contributed by atoms with Gasteiger partial charge in [-0.05, 0) is 0 Å². The first kappa shape index (κ1) is 6.47. The Morgan fingerprint density at radius 2 is 2.00 bits per heavy atom. The van der Waals surface area contributed by atoms with Crippen molar-refractivity contribution in [2.24, 2.45) is 0 Å². The molecule has 1 aromatic heterocycles.